The quantitative estimate of drug-likeness (QED) is 0.630. The number of halogens is 3. The summed E-state index contributed by atoms with van der Waals surface area (Å²) < 4.78 is 2.04. The molecule has 0 radical (unpaired) electrons. The lowest BCUT2D eigenvalue weighted by Gasteiger charge is -2.07. The number of aromatic nitrogens is 1. The molecule has 0 saturated carbocycles. The van der Waals surface area contributed by atoms with E-state index in [9.17, 15) is 0 Å². The molecule has 0 bridgehead atoms. The molecule has 1 aromatic carbocycles. The van der Waals surface area contributed by atoms with E-state index in [0.717, 1.165) is 30.4 Å². The van der Waals surface area contributed by atoms with Crippen LogP contribution in [0.5, 0.6) is 0 Å². The van der Waals surface area contributed by atoms with Crippen molar-refractivity contribution >= 4 is 61.0 Å². The highest BCUT2D eigenvalue weighted by Crippen LogP contribution is 2.31. The van der Waals surface area contributed by atoms with Gasteiger partial charge in [0.25, 0.3) is 0 Å². The average molecular weight is 396 g/mol. The molecule has 0 aliphatic rings. The van der Waals surface area contributed by atoms with Gasteiger partial charge in [-0.15, -0.1) is 0 Å². The first kappa shape index (κ1) is 11.6. The maximum absolute atomic E-state index is 6.26. The van der Waals surface area contributed by atoms with E-state index >= 15 is 0 Å². The van der Waals surface area contributed by atoms with E-state index in [0.29, 0.717) is 0 Å². The van der Waals surface area contributed by atoms with Gasteiger partial charge in [-0.1, -0.05) is 34.5 Å². The molecule has 4 heteroatoms. The number of aryl methyl sites for hydroxylation is 1. The molecule has 0 spiro atoms. The molecule has 2 rings (SSSR count). The molecule has 1 nitrogen and oxygen atoms in total. The van der Waals surface area contributed by atoms with Gasteiger partial charge in [0.15, 0.2) is 0 Å². The summed E-state index contributed by atoms with van der Waals surface area (Å²) in [5.41, 5.74) is 2.23. The first-order chi connectivity index (χ1) is 7.13. The Morgan fingerprint density at radius 2 is 2.20 bits per heavy atom. The van der Waals surface area contributed by atoms with Crippen molar-refractivity contribution in [1.82, 2.24) is 4.98 Å². The maximum Gasteiger partial charge on any atom is 0.0750 e. The van der Waals surface area contributed by atoms with Gasteiger partial charge in [0.05, 0.1) is 14.1 Å². The topological polar surface area (TPSA) is 12.9 Å². The summed E-state index contributed by atoms with van der Waals surface area (Å²) in [7, 11) is 0. The number of nitrogens with zero attached hydrogens (tertiary/aromatic N) is 1. The van der Waals surface area contributed by atoms with Gasteiger partial charge in [0, 0.05) is 16.1 Å². The Labute approximate surface area is 115 Å². The van der Waals surface area contributed by atoms with Crippen molar-refractivity contribution in [3.63, 3.8) is 0 Å². The van der Waals surface area contributed by atoms with E-state index in [-0.39, 0.29) is 0 Å². The van der Waals surface area contributed by atoms with Gasteiger partial charge in [-0.2, -0.15) is 0 Å². The molecule has 0 unspecified atom stereocenters. The van der Waals surface area contributed by atoms with Crippen LogP contribution in [-0.2, 0) is 6.42 Å². The summed E-state index contributed by atoms with van der Waals surface area (Å²) in [5.74, 6) is 0. The molecule has 0 saturated heterocycles. The van der Waals surface area contributed by atoms with Crippen LogP contribution in [0.2, 0.25) is 5.02 Å². The largest absolute Gasteiger partial charge is 0.255 e. The normalized spacial score (nSPS) is 10.9. The summed E-state index contributed by atoms with van der Waals surface area (Å²) in [5, 5.41) is 1.81. The van der Waals surface area contributed by atoms with Crippen LogP contribution < -0.4 is 0 Å². The first-order valence-electron chi connectivity index (χ1n) is 4.55. The third-order valence-electron chi connectivity index (χ3n) is 2.29. The Kier molecular flexibility index (Phi) is 3.52. The summed E-state index contributed by atoms with van der Waals surface area (Å²) in [4.78, 5) is 4.44. The Morgan fingerprint density at radius 3 is 2.87 bits per heavy atom. The zero-order chi connectivity index (χ0) is 11.0. The highest BCUT2D eigenvalue weighted by Gasteiger charge is 2.08. The lowest BCUT2D eigenvalue weighted by atomic mass is 10.1. The van der Waals surface area contributed by atoms with Crippen LogP contribution in [0.3, 0.4) is 0 Å². The van der Waals surface area contributed by atoms with E-state index in [1.165, 1.54) is 5.56 Å². The number of hydrogen-bond donors (Lipinski definition) is 0. The number of fused-ring (bicyclic) bond motifs is 1. The van der Waals surface area contributed by atoms with E-state index in [2.05, 4.69) is 56.5 Å². The van der Waals surface area contributed by atoms with Gasteiger partial charge in [-0.05, 0) is 46.7 Å². The molecular formula is C11H8BrClIN. The van der Waals surface area contributed by atoms with Gasteiger partial charge in [-0.25, -0.2) is 0 Å². The molecule has 78 valence electrons. The number of rotatable bonds is 1. The van der Waals surface area contributed by atoms with Crippen LogP contribution in [-0.4, -0.2) is 4.98 Å². The molecule has 0 amide bonds. The molecule has 0 N–H and O–H groups in total. The third kappa shape index (κ3) is 2.15. The van der Waals surface area contributed by atoms with Crippen LogP contribution in [0, 0.1) is 3.57 Å². The van der Waals surface area contributed by atoms with Crippen LogP contribution in [0.25, 0.3) is 10.9 Å². The van der Waals surface area contributed by atoms with E-state index in [1.807, 2.05) is 12.3 Å². The van der Waals surface area contributed by atoms with Gasteiger partial charge in [0.1, 0.15) is 0 Å². The SMILES string of the molecule is CCc1cc(Br)cc2c(Cl)c(I)cnc12. The molecule has 0 atom stereocenters. The zero-order valence-electron chi connectivity index (χ0n) is 8.02. The maximum atomic E-state index is 6.26. The molecular weight excluding hydrogens is 388 g/mol. The number of benzene rings is 1. The predicted octanol–water partition coefficient (Wildman–Crippen LogP) is 4.82. The highest BCUT2D eigenvalue weighted by atomic mass is 127. The van der Waals surface area contributed by atoms with Crippen molar-refractivity contribution in [1.29, 1.82) is 0 Å². The number of pyridine rings is 1. The van der Waals surface area contributed by atoms with Gasteiger partial charge < -0.3 is 0 Å². The van der Waals surface area contributed by atoms with Crippen LogP contribution >= 0.6 is 50.1 Å². The minimum absolute atomic E-state index is 0.789. The summed E-state index contributed by atoms with van der Waals surface area (Å²) in [6, 6.07) is 4.12. The number of hydrogen-bond acceptors (Lipinski definition) is 1. The van der Waals surface area contributed by atoms with Gasteiger partial charge >= 0.3 is 0 Å². The minimum Gasteiger partial charge on any atom is -0.255 e. The Hall–Kier alpha value is 0.130. The van der Waals surface area contributed by atoms with E-state index in [4.69, 9.17) is 11.6 Å². The van der Waals surface area contributed by atoms with Crippen molar-refractivity contribution in [2.24, 2.45) is 0 Å². The Balaban J connectivity index is 2.89. The van der Waals surface area contributed by atoms with Gasteiger partial charge in [0.2, 0.25) is 0 Å². The monoisotopic (exact) mass is 395 g/mol. The second-order valence-corrected chi connectivity index (χ2v) is 5.69. The van der Waals surface area contributed by atoms with Crippen molar-refractivity contribution in [2.45, 2.75) is 13.3 Å². The van der Waals surface area contributed by atoms with Crippen molar-refractivity contribution in [3.8, 4) is 0 Å². The van der Waals surface area contributed by atoms with Crippen LogP contribution in [0.15, 0.2) is 22.8 Å². The summed E-state index contributed by atoms with van der Waals surface area (Å²) in [6.45, 7) is 2.12. The van der Waals surface area contributed by atoms with E-state index < -0.39 is 0 Å². The molecule has 0 aliphatic heterocycles. The zero-order valence-corrected chi connectivity index (χ0v) is 12.5. The Bertz CT molecular complexity index is 527. The smallest absolute Gasteiger partial charge is 0.0750 e. The third-order valence-corrected chi connectivity index (χ3v) is 4.29. The van der Waals surface area contributed by atoms with Crippen molar-refractivity contribution in [3.05, 3.63) is 37.0 Å². The fraction of sp³-hybridized carbons (Fsp3) is 0.182. The molecule has 15 heavy (non-hydrogen) atoms. The fourth-order valence-electron chi connectivity index (χ4n) is 1.55. The standard InChI is InChI=1S/C11H8BrClIN/c1-2-6-3-7(12)4-8-10(13)9(14)5-15-11(6)8/h3-5H,2H2,1H3. The molecule has 2 aromatic rings. The van der Waals surface area contributed by atoms with Crippen LogP contribution in [0.1, 0.15) is 12.5 Å². The molecule has 0 aliphatic carbocycles. The average Bonchev–Trinajstić information content (AvgIpc) is 2.23. The molecule has 1 heterocycles. The predicted molar refractivity (Wildman–Crippen MR) is 76.5 cm³/mol. The molecule has 1 aromatic heterocycles. The molecule has 0 fully saturated rings. The lowest BCUT2D eigenvalue weighted by Crippen LogP contribution is -1.90. The lowest BCUT2D eigenvalue weighted by molar-refractivity contribution is 1.14. The Morgan fingerprint density at radius 1 is 1.47 bits per heavy atom. The van der Waals surface area contributed by atoms with Crippen molar-refractivity contribution < 1.29 is 0 Å². The van der Waals surface area contributed by atoms with Crippen LogP contribution in [0.4, 0.5) is 0 Å². The highest BCUT2D eigenvalue weighted by molar-refractivity contribution is 14.1. The first-order valence-corrected chi connectivity index (χ1v) is 6.80. The van der Waals surface area contributed by atoms with E-state index in [1.54, 1.807) is 0 Å². The summed E-state index contributed by atoms with van der Waals surface area (Å²) >= 11 is 12.0. The second kappa shape index (κ2) is 4.55. The van der Waals surface area contributed by atoms with Crippen molar-refractivity contribution in [2.75, 3.05) is 0 Å². The second-order valence-electron chi connectivity index (χ2n) is 3.23. The fourth-order valence-corrected chi connectivity index (χ4v) is 2.68. The minimum atomic E-state index is 0.789. The summed E-state index contributed by atoms with van der Waals surface area (Å²) in [6.07, 6.45) is 2.78. The van der Waals surface area contributed by atoms with Gasteiger partial charge in [-0.3, -0.25) is 4.98 Å².